The van der Waals surface area contributed by atoms with Crippen molar-refractivity contribution < 1.29 is 26.4 Å². The van der Waals surface area contributed by atoms with Gasteiger partial charge in [0.1, 0.15) is 11.6 Å². The minimum absolute atomic E-state index is 0.0513. The van der Waals surface area contributed by atoms with Crippen molar-refractivity contribution in [3.63, 3.8) is 0 Å². The van der Waals surface area contributed by atoms with Crippen molar-refractivity contribution in [3.05, 3.63) is 114 Å². The third-order valence-electron chi connectivity index (χ3n) is 8.09. The van der Waals surface area contributed by atoms with Crippen molar-refractivity contribution in [3.8, 4) is 0 Å². The third kappa shape index (κ3) is 5.46. The van der Waals surface area contributed by atoms with E-state index < -0.39 is 34.2 Å². The number of aryl methyl sites for hydroxylation is 1. The van der Waals surface area contributed by atoms with Crippen LogP contribution in [0, 0.1) is 11.7 Å². The Morgan fingerprint density at radius 2 is 1.88 bits per heavy atom. The molecule has 0 unspecified atom stereocenters. The van der Waals surface area contributed by atoms with Crippen LogP contribution in [0.3, 0.4) is 0 Å². The molecule has 1 amide bonds. The molecule has 0 spiro atoms. The molecule has 1 heterocycles. The highest BCUT2D eigenvalue weighted by Gasteiger charge is 2.47. The first-order valence-corrected chi connectivity index (χ1v) is 15.1. The van der Waals surface area contributed by atoms with E-state index in [1.807, 2.05) is 30.3 Å². The van der Waals surface area contributed by atoms with E-state index in [4.69, 9.17) is 0 Å². The molecule has 1 fully saturated rings. The minimum atomic E-state index is -4.23. The number of aromatic nitrogens is 2. The Hall–Kier alpha value is -3.96. The van der Waals surface area contributed by atoms with Crippen LogP contribution in [-0.4, -0.2) is 23.9 Å². The number of benzene rings is 3. The fourth-order valence-electron chi connectivity index (χ4n) is 5.69. The quantitative estimate of drug-likeness (QED) is 0.280. The first-order valence-electron chi connectivity index (χ1n) is 13.7. The number of nitrogens with zero attached hydrogens (tertiary/aromatic N) is 3. The number of carbonyl (C=O) groups excluding carboxylic acids is 1. The number of carbonyl (C=O) groups is 1. The number of sulfonamides is 1. The third-order valence-corrected chi connectivity index (χ3v) is 9.56. The Balaban J connectivity index is 1.36. The summed E-state index contributed by atoms with van der Waals surface area (Å²) in [7, 11) is -2.42. The maximum absolute atomic E-state index is 15.1. The molecule has 1 saturated carbocycles. The van der Waals surface area contributed by atoms with E-state index in [0.29, 0.717) is 17.9 Å². The van der Waals surface area contributed by atoms with E-state index in [0.717, 1.165) is 17.7 Å². The standard InChI is InChI=1S/C31H29F3N4O3S/c1-37-15-14-35-29(37)19-38(30(39)25-18-24(25)20-6-3-2-4-7-20)22-10-11-27-26(17-22)28(12-13-31(27,33)34)36-42(40,41)23-9-5-8-21(32)16-23/h2-11,14-17,24-25,28,36H,12-13,18-19H2,1H3/t24-,25+,28+/m0/s1. The van der Waals surface area contributed by atoms with Crippen LogP contribution in [0.25, 0.3) is 0 Å². The van der Waals surface area contributed by atoms with Crippen LogP contribution in [0.1, 0.15) is 53.7 Å². The van der Waals surface area contributed by atoms with E-state index in [1.54, 1.807) is 28.9 Å². The lowest BCUT2D eigenvalue weighted by Gasteiger charge is -2.33. The minimum Gasteiger partial charge on any atom is -0.337 e. The molecule has 4 aromatic rings. The second kappa shape index (κ2) is 10.7. The molecule has 0 aliphatic heterocycles. The summed E-state index contributed by atoms with van der Waals surface area (Å²) in [5, 5.41) is 0. The van der Waals surface area contributed by atoms with E-state index in [9.17, 15) is 17.6 Å². The highest BCUT2D eigenvalue weighted by Crippen LogP contribution is 2.50. The summed E-state index contributed by atoms with van der Waals surface area (Å²) in [6.07, 6.45) is 3.30. The van der Waals surface area contributed by atoms with Gasteiger partial charge >= 0.3 is 0 Å². The lowest BCUT2D eigenvalue weighted by Crippen LogP contribution is -2.36. The van der Waals surface area contributed by atoms with Crippen molar-refractivity contribution in [2.45, 2.75) is 48.6 Å². The molecule has 3 atom stereocenters. The molecule has 218 valence electrons. The Labute approximate surface area is 242 Å². The maximum atomic E-state index is 15.1. The van der Waals surface area contributed by atoms with Crippen molar-refractivity contribution in [2.75, 3.05) is 4.90 Å². The zero-order valence-corrected chi connectivity index (χ0v) is 23.6. The van der Waals surface area contributed by atoms with Crippen LogP contribution in [0.4, 0.5) is 18.9 Å². The number of hydrogen-bond donors (Lipinski definition) is 1. The summed E-state index contributed by atoms with van der Waals surface area (Å²) in [6.45, 7) is 0.106. The van der Waals surface area contributed by atoms with Crippen molar-refractivity contribution >= 4 is 21.6 Å². The molecule has 0 radical (unpaired) electrons. The van der Waals surface area contributed by atoms with Crippen LogP contribution >= 0.6 is 0 Å². The van der Waals surface area contributed by atoms with Gasteiger partial charge in [-0.25, -0.2) is 31.3 Å². The van der Waals surface area contributed by atoms with Gasteiger partial charge in [-0.05, 0) is 60.2 Å². The summed E-state index contributed by atoms with van der Waals surface area (Å²) in [6, 6.07) is 17.5. The van der Waals surface area contributed by atoms with Gasteiger partial charge in [0.15, 0.2) is 0 Å². The van der Waals surface area contributed by atoms with Gasteiger partial charge in [-0.3, -0.25) is 4.79 Å². The number of rotatable bonds is 8. The van der Waals surface area contributed by atoms with Crippen LogP contribution < -0.4 is 9.62 Å². The number of hydrogen-bond acceptors (Lipinski definition) is 4. The van der Waals surface area contributed by atoms with Crippen LogP contribution in [0.2, 0.25) is 0 Å². The van der Waals surface area contributed by atoms with Crippen molar-refractivity contribution in [1.29, 1.82) is 0 Å². The van der Waals surface area contributed by atoms with Crippen molar-refractivity contribution in [1.82, 2.24) is 14.3 Å². The molecule has 2 aliphatic carbocycles. The Morgan fingerprint density at radius 1 is 1.10 bits per heavy atom. The Kier molecular flexibility index (Phi) is 7.18. The number of alkyl halides is 2. The van der Waals surface area contributed by atoms with Gasteiger partial charge in [-0.1, -0.05) is 42.5 Å². The molecule has 11 heteroatoms. The SMILES string of the molecule is Cn1ccnc1CN(C(=O)[C@@H]1C[C@H]1c1ccccc1)c1ccc2c(c1)[C@H](NS(=O)(=O)c1cccc(F)c1)CCC2(F)F. The predicted octanol–water partition coefficient (Wildman–Crippen LogP) is 5.80. The summed E-state index contributed by atoms with van der Waals surface area (Å²) in [5.74, 6) is -3.70. The monoisotopic (exact) mass is 594 g/mol. The molecule has 42 heavy (non-hydrogen) atoms. The number of nitrogens with one attached hydrogen (secondary N) is 1. The van der Waals surface area contributed by atoms with Crippen LogP contribution in [0.5, 0.6) is 0 Å². The molecule has 0 saturated heterocycles. The second-order valence-corrected chi connectivity index (χ2v) is 12.6. The van der Waals surface area contributed by atoms with Gasteiger partial charge < -0.3 is 9.47 Å². The first-order chi connectivity index (χ1) is 20.0. The Bertz CT molecular complexity index is 1740. The molecule has 1 aromatic heterocycles. The van der Waals surface area contributed by atoms with Gasteiger partial charge in [-0.2, -0.15) is 0 Å². The molecular formula is C31H29F3N4O3S. The zero-order valence-electron chi connectivity index (χ0n) is 22.8. The summed E-state index contributed by atoms with van der Waals surface area (Å²) < 4.78 is 74.5. The normalized spacial score (nSPS) is 21.0. The number of halogens is 3. The molecular weight excluding hydrogens is 565 g/mol. The highest BCUT2D eigenvalue weighted by molar-refractivity contribution is 7.89. The second-order valence-electron chi connectivity index (χ2n) is 10.9. The fourth-order valence-corrected chi connectivity index (χ4v) is 6.97. The number of anilines is 1. The molecule has 6 rings (SSSR count). The maximum Gasteiger partial charge on any atom is 0.273 e. The average Bonchev–Trinajstić information content (AvgIpc) is 3.68. The number of amides is 1. The van der Waals surface area contributed by atoms with Crippen molar-refractivity contribution in [2.24, 2.45) is 13.0 Å². The molecule has 7 nitrogen and oxygen atoms in total. The Morgan fingerprint density at radius 3 is 2.60 bits per heavy atom. The van der Waals surface area contributed by atoms with Gasteiger partial charge in [0.25, 0.3) is 5.92 Å². The smallest absolute Gasteiger partial charge is 0.273 e. The molecule has 0 bridgehead atoms. The topological polar surface area (TPSA) is 84.3 Å². The first kappa shape index (κ1) is 28.2. The van der Waals surface area contributed by atoms with Gasteiger partial charge in [0.2, 0.25) is 15.9 Å². The van der Waals surface area contributed by atoms with Gasteiger partial charge in [0.05, 0.1) is 11.4 Å². The van der Waals surface area contributed by atoms with E-state index >= 15 is 8.78 Å². The van der Waals surface area contributed by atoms with E-state index in [1.165, 1.54) is 30.3 Å². The highest BCUT2D eigenvalue weighted by atomic mass is 32.2. The van der Waals surface area contributed by atoms with Gasteiger partial charge in [-0.15, -0.1) is 0 Å². The van der Waals surface area contributed by atoms with Gasteiger partial charge in [0, 0.05) is 49.1 Å². The predicted molar refractivity (Wildman–Crippen MR) is 151 cm³/mol. The average molecular weight is 595 g/mol. The summed E-state index contributed by atoms with van der Waals surface area (Å²) in [5.41, 5.74) is 1.21. The molecule has 2 aliphatic rings. The van der Waals surface area contributed by atoms with E-state index in [2.05, 4.69) is 9.71 Å². The number of fused-ring (bicyclic) bond motifs is 1. The lowest BCUT2D eigenvalue weighted by atomic mass is 9.85. The summed E-state index contributed by atoms with van der Waals surface area (Å²) in [4.78, 5) is 19.5. The van der Waals surface area contributed by atoms with Crippen LogP contribution in [0.15, 0.2) is 90.1 Å². The largest absolute Gasteiger partial charge is 0.337 e. The molecule has 3 aromatic carbocycles. The molecule has 1 N–H and O–H groups in total. The summed E-state index contributed by atoms with van der Waals surface area (Å²) >= 11 is 0. The zero-order chi connectivity index (χ0) is 29.6. The van der Waals surface area contributed by atoms with E-state index in [-0.39, 0.29) is 46.7 Å². The number of imidazole rings is 1. The lowest BCUT2D eigenvalue weighted by molar-refractivity contribution is -0.120. The van der Waals surface area contributed by atoms with Crippen LogP contribution in [-0.2, 0) is 34.3 Å². The fraction of sp³-hybridized carbons (Fsp3) is 0.290.